The molecule has 4 aromatic rings. The summed E-state index contributed by atoms with van der Waals surface area (Å²) in [5.41, 5.74) is 2.19. The first-order valence-corrected chi connectivity index (χ1v) is 27.2. The summed E-state index contributed by atoms with van der Waals surface area (Å²) in [5.74, 6) is -0.706. The standard InChI is InChI=1S/C51H51I3N4O12.C3H8/c52-39-27-34(12-16-42(39)61)69-49-40(53)21-30(22-41(49)54)23-45(62)55-17-5-1-2-6-18-56-46(63)28-68-29-47(64)57-19-7-3-4-8-20-58-50(65)31-9-13-35(38(24-31)51(66)67)48-36-14-10-32(59)25-43(36)70-44-26-33(60)11-15-37(44)48;1-3-2/h9-16,21-22,24-27,59,61H,1-8,17-20,23,28-29H2,(H,55,62)(H,56,63)(H,57,64)(H,58,65)(H,66,67);3H2,1-2H3. The zero-order valence-electron chi connectivity index (χ0n) is 40.5. The Hall–Kier alpha value is -5.53. The lowest BCUT2D eigenvalue weighted by atomic mass is 9.90. The van der Waals surface area contributed by atoms with Crippen LogP contribution in [0.1, 0.15) is 97.9 Å². The zero-order valence-corrected chi connectivity index (χ0v) is 47.0. The maximum Gasteiger partial charge on any atom is 0.336 e. The summed E-state index contributed by atoms with van der Waals surface area (Å²) in [4.78, 5) is 74.6. The van der Waals surface area contributed by atoms with E-state index in [1.165, 1.54) is 36.8 Å². The molecule has 1 heterocycles. The van der Waals surface area contributed by atoms with Gasteiger partial charge in [0.1, 0.15) is 41.8 Å². The largest absolute Gasteiger partial charge is 0.508 e. The molecule has 0 aromatic heterocycles. The summed E-state index contributed by atoms with van der Waals surface area (Å²) in [6.45, 7) is 5.61. The molecule has 0 spiro atoms. The molecule has 7 N–H and O–H groups in total. The minimum atomic E-state index is -1.25. The van der Waals surface area contributed by atoms with E-state index in [-0.39, 0.29) is 76.8 Å². The first-order chi connectivity index (χ1) is 35.1. The average molecular weight is 1340 g/mol. The highest BCUT2D eigenvalue weighted by Crippen LogP contribution is 2.42. The third-order valence-corrected chi connectivity index (χ3v) is 13.4. The van der Waals surface area contributed by atoms with Crippen molar-refractivity contribution in [2.24, 2.45) is 0 Å². The first kappa shape index (κ1) is 58.4. The number of nitrogens with one attached hydrogen (secondary N) is 4. The number of aromatic hydroxyl groups is 2. The van der Waals surface area contributed by atoms with Crippen molar-refractivity contribution in [3.05, 3.63) is 123 Å². The van der Waals surface area contributed by atoms with Gasteiger partial charge in [0.05, 0.1) is 22.7 Å². The van der Waals surface area contributed by atoms with Gasteiger partial charge in [-0.25, -0.2) is 4.79 Å². The number of phenolic OH excluding ortho intramolecular Hbond substituents is 2. The summed E-state index contributed by atoms with van der Waals surface area (Å²) >= 11 is 6.43. The molecule has 16 nitrogen and oxygen atoms in total. The third kappa shape index (κ3) is 18.4. The quantitative estimate of drug-likeness (QED) is 0.0161. The van der Waals surface area contributed by atoms with Crippen LogP contribution in [0.15, 0.2) is 94.1 Å². The van der Waals surface area contributed by atoms with E-state index in [1.807, 2.05) is 34.7 Å². The summed E-state index contributed by atoms with van der Waals surface area (Å²) in [6.07, 6.45) is 7.78. The number of phenols is 2. The molecule has 6 rings (SSSR count). The molecule has 0 saturated heterocycles. The van der Waals surface area contributed by atoms with E-state index >= 15 is 0 Å². The van der Waals surface area contributed by atoms with Gasteiger partial charge in [0, 0.05) is 60.4 Å². The molecule has 1 aliphatic heterocycles. The average Bonchev–Trinajstić information content (AvgIpc) is 3.34. The SMILES string of the molecule is CCC.O=C(COCC(=O)NCCCCCCNC(=O)c1ccc(-c2c3ccc(=O)cc-3oc3cc(O)ccc23)c(C(=O)O)c1)NCCCCCCNC(=O)Cc1cc(I)c(Oc2ccc(O)c(I)c2)c(I)c1. The van der Waals surface area contributed by atoms with Crippen LogP contribution in [0.5, 0.6) is 23.0 Å². The van der Waals surface area contributed by atoms with Crippen molar-refractivity contribution < 1.29 is 53.2 Å². The number of carboxylic acids is 1. The van der Waals surface area contributed by atoms with E-state index in [0.717, 1.165) is 51.2 Å². The number of halogens is 3. The topological polar surface area (TPSA) is 243 Å². The number of hydrogen-bond acceptors (Lipinski definition) is 11. The predicted octanol–water partition coefficient (Wildman–Crippen LogP) is 10.2. The van der Waals surface area contributed by atoms with Gasteiger partial charge in [0.2, 0.25) is 17.7 Å². The van der Waals surface area contributed by atoms with Crippen molar-refractivity contribution in [1.82, 2.24) is 21.3 Å². The van der Waals surface area contributed by atoms with Crippen LogP contribution in [-0.4, -0.2) is 84.3 Å². The van der Waals surface area contributed by atoms with Crippen molar-refractivity contribution in [3.63, 3.8) is 0 Å². The lowest BCUT2D eigenvalue weighted by Gasteiger charge is -2.17. The van der Waals surface area contributed by atoms with Crippen LogP contribution in [0.2, 0.25) is 0 Å². The van der Waals surface area contributed by atoms with Crippen molar-refractivity contribution in [2.45, 2.75) is 78.1 Å². The highest BCUT2D eigenvalue weighted by atomic mass is 127. The lowest BCUT2D eigenvalue weighted by Crippen LogP contribution is -2.32. The normalized spacial score (nSPS) is 10.9. The van der Waals surface area contributed by atoms with Crippen LogP contribution in [0.25, 0.3) is 33.4 Å². The van der Waals surface area contributed by atoms with Crippen LogP contribution < -0.4 is 31.4 Å². The number of carboxylic acid groups (broad SMARTS) is 1. The molecule has 73 heavy (non-hydrogen) atoms. The van der Waals surface area contributed by atoms with Gasteiger partial charge in [0.25, 0.3) is 5.91 Å². The summed E-state index contributed by atoms with van der Waals surface area (Å²) in [6, 6.07) is 22.0. The third-order valence-electron chi connectivity index (χ3n) is 10.9. The number of carbonyl (C=O) groups excluding carboxylic acids is 4. The van der Waals surface area contributed by atoms with Gasteiger partial charge in [-0.05, 0) is 171 Å². The number of aromatic carboxylic acids is 1. The number of rotatable bonds is 25. The zero-order chi connectivity index (χ0) is 52.9. The molecule has 2 aliphatic rings. The fourth-order valence-electron chi connectivity index (χ4n) is 7.49. The van der Waals surface area contributed by atoms with Crippen molar-refractivity contribution in [3.8, 4) is 45.4 Å². The van der Waals surface area contributed by atoms with Crippen molar-refractivity contribution in [2.75, 3.05) is 39.4 Å². The van der Waals surface area contributed by atoms with E-state index in [9.17, 15) is 44.1 Å². The van der Waals surface area contributed by atoms with Gasteiger partial charge in [-0.2, -0.15) is 0 Å². The maximum atomic E-state index is 13.0. The number of benzene rings is 5. The number of hydrogen-bond donors (Lipinski definition) is 7. The molecule has 0 atom stereocenters. The van der Waals surface area contributed by atoms with Crippen LogP contribution in [0.4, 0.5) is 0 Å². The molecule has 4 amide bonds. The first-order valence-electron chi connectivity index (χ1n) is 24.0. The summed E-state index contributed by atoms with van der Waals surface area (Å²) in [5, 5.41) is 41.9. The second kappa shape index (κ2) is 30.0. The second-order valence-corrected chi connectivity index (χ2v) is 20.5. The second-order valence-electron chi connectivity index (χ2n) is 17.0. The van der Waals surface area contributed by atoms with Gasteiger partial charge < -0.3 is 50.5 Å². The Morgan fingerprint density at radius 3 is 1.78 bits per heavy atom. The Balaban J connectivity index is 0.00000321. The number of ether oxygens (including phenoxy) is 2. The van der Waals surface area contributed by atoms with Crippen LogP contribution in [0, 0.1) is 10.7 Å². The Morgan fingerprint density at radius 1 is 0.616 bits per heavy atom. The van der Waals surface area contributed by atoms with Gasteiger partial charge in [0.15, 0.2) is 11.2 Å². The Kier molecular flexibility index (Phi) is 24.0. The predicted molar refractivity (Wildman–Crippen MR) is 305 cm³/mol. The highest BCUT2D eigenvalue weighted by molar-refractivity contribution is 14.1. The van der Waals surface area contributed by atoms with E-state index in [1.54, 1.807) is 42.5 Å². The molecular weight excluding hydrogens is 1280 g/mol. The number of unbranched alkanes of at least 4 members (excludes halogenated alkanes) is 6. The van der Waals surface area contributed by atoms with Crippen molar-refractivity contribution in [1.29, 1.82) is 0 Å². The Morgan fingerprint density at radius 2 is 1.19 bits per heavy atom. The molecule has 0 bridgehead atoms. The monoisotopic (exact) mass is 1340 g/mol. The number of carbonyl (C=O) groups is 5. The van der Waals surface area contributed by atoms with Gasteiger partial charge >= 0.3 is 5.97 Å². The summed E-state index contributed by atoms with van der Waals surface area (Å²) < 4.78 is 19.7. The van der Waals surface area contributed by atoms with Gasteiger partial charge in [-0.1, -0.05) is 52.0 Å². The van der Waals surface area contributed by atoms with E-state index in [0.29, 0.717) is 76.2 Å². The minimum absolute atomic E-state index is 0.0621. The lowest BCUT2D eigenvalue weighted by molar-refractivity contribution is -0.131. The fraction of sp³-hybridized carbons (Fsp3) is 0.333. The number of amides is 4. The highest BCUT2D eigenvalue weighted by Gasteiger charge is 2.23. The molecule has 388 valence electrons. The molecule has 19 heteroatoms. The molecule has 0 unspecified atom stereocenters. The molecule has 1 aliphatic carbocycles. The fourth-order valence-corrected chi connectivity index (χ4v) is 10.1. The van der Waals surface area contributed by atoms with Crippen molar-refractivity contribution >= 4 is 108 Å². The Labute approximate surface area is 464 Å². The molecule has 4 aromatic carbocycles. The molecular formula is C54H59I3N4O12. The summed E-state index contributed by atoms with van der Waals surface area (Å²) in [7, 11) is 0. The van der Waals surface area contributed by atoms with Gasteiger partial charge in [-0.3, -0.25) is 24.0 Å². The van der Waals surface area contributed by atoms with Gasteiger partial charge in [-0.15, -0.1) is 0 Å². The molecule has 0 fully saturated rings. The van der Waals surface area contributed by atoms with Crippen LogP contribution in [0.3, 0.4) is 0 Å². The maximum absolute atomic E-state index is 13.0. The van der Waals surface area contributed by atoms with Crippen LogP contribution in [-0.2, 0) is 25.5 Å². The number of fused-ring (bicyclic) bond motifs is 2. The van der Waals surface area contributed by atoms with E-state index in [2.05, 4.69) is 80.3 Å². The van der Waals surface area contributed by atoms with E-state index in [4.69, 9.17) is 13.9 Å². The smallest absolute Gasteiger partial charge is 0.336 e. The molecule has 0 radical (unpaired) electrons. The molecule has 0 saturated carbocycles. The van der Waals surface area contributed by atoms with Crippen LogP contribution >= 0.6 is 67.8 Å². The minimum Gasteiger partial charge on any atom is -0.508 e. The van der Waals surface area contributed by atoms with E-state index < -0.39 is 11.9 Å². The Bertz CT molecular complexity index is 2890.